The van der Waals surface area contributed by atoms with Gasteiger partial charge in [0.25, 0.3) is 0 Å². The highest BCUT2D eigenvalue weighted by Crippen LogP contribution is 2.30. The van der Waals surface area contributed by atoms with Crippen molar-refractivity contribution in [3.05, 3.63) is 52.5 Å². The molecule has 1 atom stereocenters. The minimum Gasteiger partial charge on any atom is -0.374 e. The average Bonchev–Trinajstić information content (AvgIpc) is 3.44. The van der Waals surface area contributed by atoms with Gasteiger partial charge in [-0.15, -0.1) is 0 Å². The number of carbonyl (C=O) groups is 2. The quantitative estimate of drug-likeness (QED) is 0.663. The standard InChI is InChI=1S/C19H19Cl2N3O2/c1-11(18(25)24-17-9-4-13(20)10-16(17)21)22-14-5-7-15(8-6-14)23-19(26)12-2-3-12/h4-12,22H,2-3H2,1H3,(H,23,26)(H,24,25)/t11-/m1/s1. The Morgan fingerprint density at radius 1 is 1.00 bits per heavy atom. The zero-order valence-corrected chi connectivity index (χ0v) is 15.7. The summed E-state index contributed by atoms with van der Waals surface area (Å²) in [5, 5.41) is 9.65. The first-order valence-electron chi connectivity index (χ1n) is 8.36. The minimum absolute atomic E-state index is 0.0679. The monoisotopic (exact) mass is 391 g/mol. The predicted molar refractivity (Wildman–Crippen MR) is 106 cm³/mol. The second-order valence-corrected chi connectivity index (χ2v) is 7.16. The molecule has 3 N–H and O–H groups in total. The number of anilines is 3. The maximum atomic E-state index is 12.3. The van der Waals surface area contributed by atoms with Crippen molar-refractivity contribution in [1.29, 1.82) is 0 Å². The molecule has 2 amide bonds. The van der Waals surface area contributed by atoms with Crippen molar-refractivity contribution in [2.45, 2.75) is 25.8 Å². The molecule has 3 rings (SSSR count). The Morgan fingerprint density at radius 2 is 1.65 bits per heavy atom. The lowest BCUT2D eigenvalue weighted by molar-refractivity contribution is -0.117. The van der Waals surface area contributed by atoms with Crippen LogP contribution in [-0.2, 0) is 9.59 Å². The van der Waals surface area contributed by atoms with E-state index in [4.69, 9.17) is 23.2 Å². The van der Waals surface area contributed by atoms with E-state index in [2.05, 4.69) is 16.0 Å². The fraction of sp³-hybridized carbons (Fsp3) is 0.263. The van der Waals surface area contributed by atoms with E-state index in [9.17, 15) is 9.59 Å². The second-order valence-electron chi connectivity index (χ2n) is 6.32. The van der Waals surface area contributed by atoms with Crippen molar-refractivity contribution in [2.75, 3.05) is 16.0 Å². The van der Waals surface area contributed by atoms with Crippen LogP contribution in [-0.4, -0.2) is 17.9 Å². The molecule has 0 spiro atoms. The molecule has 0 aliphatic heterocycles. The molecule has 0 unspecified atom stereocenters. The zero-order valence-electron chi connectivity index (χ0n) is 14.2. The summed E-state index contributed by atoms with van der Waals surface area (Å²) in [6.45, 7) is 1.75. The van der Waals surface area contributed by atoms with Crippen LogP contribution in [0.5, 0.6) is 0 Å². The fourth-order valence-electron chi connectivity index (χ4n) is 2.39. The van der Waals surface area contributed by atoms with Crippen molar-refractivity contribution in [3.63, 3.8) is 0 Å². The Kier molecular flexibility index (Phi) is 5.69. The van der Waals surface area contributed by atoms with Crippen LogP contribution in [0.4, 0.5) is 17.1 Å². The van der Waals surface area contributed by atoms with Crippen LogP contribution in [0.25, 0.3) is 0 Å². The van der Waals surface area contributed by atoms with Gasteiger partial charge in [-0.1, -0.05) is 23.2 Å². The van der Waals surface area contributed by atoms with Gasteiger partial charge in [0.15, 0.2) is 0 Å². The third kappa shape index (κ3) is 4.90. The van der Waals surface area contributed by atoms with Crippen molar-refractivity contribution < 1.29 is 9.59 Å². The lowest BCUT2D eigenvalue weighted by Gasteiger charge is -2.16. The van der Waals surface area contributed by atoms with Crippen molar-refractivity contribution in [2.24, 2.45) is 5.92 Å². The maximum Gasteiger partial charge on any atom is 0.246 e. The molecule has 26 heavy (non-hydrogen) atoms. The molecule has 0 bridgehead atoms. The van der Waals surface area contributed by atoms with Crippen molar-refractivity contribution in [1.82, 2.24) is 0 Å². The van der Waals surface area contributed by atoms with Gasteiger partial charge in [0.2, 0.25) is 11.8 Å². The molecule has 0 heterocycles. The first-order chi connectivity index (χ1) is 12.4. The summed E-state index contributed by atoms with van der Waals surface area (Å²) < 4.78 is 0. The van der Waals surface area contributed by atoms with Gasteiger partial charge in [-0.3, -0.25) is 9.59 Å². The van der Waals surface area contributed by atoms with Crippen LogP contribution >= 0.6 is 23.2 Å². The van der Waals surface area contributed by atoms with Gasteiger partial charge in [-0.05, 0) is 62.2 Å². The van der Waals surface area contributed by atoms with Gasteiger partial charge in [-0.2, -0.15) is 0 Å². The summed E-state index contributed by atoms with van der Waals surface area (Å²) in [4.78, 5) is 24.1. The fourth-order valence-corrected chi connectivity index (χ4v) is 2.84. The number of benzene rings is 2. The van der Waals surface area contributed by atoms with E-state index in [1.165, 1.54) is 0 Å². The van der Waals surface area contributed by atoms with Crippen LogP contribution in [0, 0.1) is 5.92 Å². The van der Waals surface area contributed by atoms with Gasteiger partial charge in [0.1, 0.15) is 6.04 Å². The molecule has 0 saturated heterocycles. The molecular formula is C19H19Cl2N3O2. The van der Waals surface area contributed by atoms with Crippen LogP contribution in [0.15, 0.2) is 42.5 Å². The van der Waals surface area contributed by atoms with E-state index in [1.807, 2.05) is 24.3 Å². The first-order valence-corrected chi connectivity index (χ1v) is 9.11. The molecular weight excluding hydrogens is 373 g/mol. The van der Waals surface area contributed by atoms with Crippen LogP contribution in [0.3, 0.4) is 0 Å². The van der Waals surface area contributed by atoms with E-state index in [-0.39, 0.29) is 17.7 Å². The number of halogens is 2. The number of hydrogen-bond donors (Lipinski definition) is 3. The van der Waals surface area contributed by atoms with Gasteiger partial charge in [0, 0.05) is 22.3 Å². The van der Waals surface area contributed by atoms with Crippen molar-refractivity contribution >= 4 is 52.1 Å². The Labute approximate surface area is 162 Å². The lowest BCUT2D eigenvalue weighted by atomic mass is 10.2. The van der Waals surface area contributed by atoms with Gasteiger partial charge < -0.3 is 16.0 Å². The molecule has 0 aromatic heterocycles. The van der Waals surface area contributed by atoms with E-state index in [0.29, 0.717) is 15.7 Å². The molecule has 2 aromatic carbocycles. The molecule has 1 fully saturated rings. The number of carbonyl (C=O) groups excluding carboxylic acids is 2. The highest BCUT2D eigenvalue weighted by molar-refractivity contribution is 6.36. The normalized spacial score (nSPS) is 14.4. The van der Waals surface area contributed by atoms with Gasteiger partial charge >= 0.3 is 0 Å². The Bertz CT molecular complexity index is 820. The number of hydrogen-bond acceptors (Lipinski definition) is 3. The summed E-state index contributed by atoms with van der Waals surface area (Å²) in [6.07, 6.45) is 1.94. The summed E-state index contributed by atoms with van der Waals surface area (Å²) in [6, 6.07) is 11.7. The topological polar surface area (TPSA) is 70.2 Å². The Balaban J connectivity index is 1.55. The molecule has 1 saturated carbocycles. The van der Waals surface area contributed by atoms with E-state index in [1.54, 1.807) is 25.1 Å². The number of amides is 2. The number of nitrogens with one attached hydrogen (secondary N) is 3. The van der Waals surface area contributed by atoms with Crippen molar-refractivity contribution in [3.8, 4) is 0 Å². The summed E-state index contributed by atoms with van der Waals surface area (Å²) in [5.74, 6) is 0.00912. The van der Waals surface area contributed by atoms with Crippen LogP contribution in [0.2, 0.25) is 10.0 Å². The van der Waals surface area contributed by atoms with E-state index >= 15 is 0 Å². The molecule has 7 heteroatoms. The maximum absolute atomic E-state index is 12.3. The van der Waals surface area contributed by atoms with Crippen LogP contribution in [0.1, 0.15) is 19.8 Å². The SMILES string of the molecule is C[C@@H](Nc1ccc(NC(=O)C2CC2)cc1)C(=O)Nc1ccc(Cl)cc1Cl. The highest BCUT2D eigenvalue weighted by atomic mass is 35.5. The molecule has 1 aliphatic rings. The van der Waals surface area contributed by atoms with E-state index in [0.717, 1.165) is 24.2 Å². The van der Waals surface area contributed by atoms with Crippen LogP contribution < -0.4 is 16.0 Å². The first kappa shape index (κ1) is 18.5. The third-order valence-electron chi connectivity index (χ3n) is 4.07. The Hall–Kier alpha value is -2.24. The minimum atomic E-state index is -0.478. The predicted octanol–water partition coefficient (Wildman–Crippen LogP) is 4.78. The molecule has 5 nitrogen and oxygen atoms in total. The number of rotatable bonds is 6. The summed E-state index contributed by atoms with van der Waals surface area (Å²) >= 11 is 11.9. The average molecular weight is 392 g/mol. The second kappa shape index (κ2) is 7.98. The summed E-state index contributed by atoms with van der Waals surface area (Å²) in [7, 11) is 0. The van der Waals surface area contributed by atoms with E-state index < -0.39 is 6.04 Å². The Morgan fingerprint density at radius 3 is 2.27 bits per heavy atom. The molecule has 136 valence electrons. The lowest BCUT2D eigenvalue weighted by Crippen LogP contribution is -2.31. The highest BCUT2D eigenvalue weighted by Gasteiger charge is 2.29. The summed E-state index contributed by atoms with van der Waals surface area (Å²) in [5.41, 5.74) is 2.03. The zero-order chi connectivity index (χ0) is 18.7. The van der Waals surface area contributed by atoms with Gasteiger partial charge in [0.05, 0.1) is 10.7 Å². The third-order valence-corrected chi connectivity index (χ3v) is 4.61. The molecule has 1 aliphatic carbocycles. The van der Waals surface area contributed by atoms with Gasteiger partial charge in [-0.25, -0.2) is 0 Å². The molecule has 2 aromatic rings. The largest absolute Gasteiger partial charge is 0.374 e. The molecule has 0 radical (unpaired) electrons. The smallest absolute Gasteiger partial charge is 0.246 e.